The Hall–Kier alpha value is -2.55. The first kappa shape index (κ1) is 14.9. The number of hydrogen-bond acceptors (Lipinski definition) is 6. The van der Waals surface area contributed by atoms with Crippen molar-refractivity contribution in [2.75, 3.05) is 10.6 Å². The number of amides is 2. The molecular weight excluding hydrogens is 294 g/mol. The van der Waals surface area contributed by atoms with Gasteiger partial charge < -0.3 is 10.4 Å². The number of hydrogen-bond donors (Lipinski definition) is 3. The molecule has 0 bridgehead atoms. The van der Waals surface area contributed by atoms with Crippen LogP contribution in [0, 0.1) is 0 Å². The van der Waals surface area contributed by atoms with E-state index in [-0.39, 0.29) is 6.42 Å². The smallest absolute Gasteiger partial charge is 0.325 e. The second kappa shape index (κ2) is 6.75. The minimum Gasteiger partial charge on any atom is -0.481 e. The molecule has 3 N–H and O–H groups in total. The van der Waals surface area contributed by atoms with E-state index in [1.165, 1.54) is 17.5 Å². The van der Waals surface area contributed by atoms with Crippen LogP contribution < -0.4 is 10.6 Å². The Morgan fingerprint density at radius 3 is 2.67 bits per heavy atom. The van der Waals surface area contributed by atoms with Crippen LogP contribution in [0.25, 0.3) is 0 Å². The molecule has 0 saturated heterocycles. The number of nitrogens with one attached hydrogen (secondary N) is 2. The number of pyridine rings is 1. The van der Waals surface area contributed by atoms with E-state index in [2.05, 4.69) is 25.8 Å². The highest BCUT2D eigenvalue weighted by Crippen LogP contribution is 2.15. The second-order valence-electron chi connectivity index (χ2n) is 4.04. The van der Waals surface area contributed by atoms with Gasteiger partial charge in [0.1, 0.15) is 5.01 Å². The Labute approximate surface area is 124 Å². The number of carboxylic acid groups (broad SMARTS) is 1. The summed E-state index contributed by atoms with van der Waals surface area (Å²) in [6.45, 7) is 1.95. The van der Waals surface area contributed by atoms with Crippen molar-refractivity contribution in [2.45, 2.75) is 19.8 Å². The number of rotatable bonds is 5. The molecule has 8 nitrogen and oxygen atoms in total. The number of carboxylic acids is 1. The van der Waals surface area contributed by atoms with Crippen LogP contribution in [-0.4, -0.2) is 32.3 Å². The van der Waals surface area contributed by atoms with Gasteiger partial charge in [-0.2, -0.15) is 0 Å². The SMILES string of the molecule is CCc1nnc(NC(=O)Nc2ccc(CC(=O)O)nc2)s1. The number of carbonyl (C=O) groups excluding carboxylic acids is 1. The first-order valence-corrected chi connectivity index (χ1v) is 6.95. The van der Waals surface area contributed by atoms with Gasteiger partial charge in [-0.1, -0.05) is 18.3 Å². The molecule has 0 aliphatic rings. The van der Waals surface area contributed by atoms with Crippen LogP contribution in [0.15, 0.2) is 18.3 Å². The summed E-state index contributed by atoms with van der Waals surface area (Å²) in [6.07, 6.45) is 2.00. The first-order chi connectivity index (χ1) is 10.1. The zero-order chi connectivity index (χ0) is 15.2. The zero-order valence-electron chi connectivity index (χ0n) is 11.2. The van der Waals surface area contributed by atoms with E-state index in [0.717, 1.165) is 11.4 Å². The number of aryl methyl sites for hydroxylation is 1. The molecule has 21 heavy (non-hydrogen) atoms. The van der Waals surface area contributed by atoms with Crippen molar-refractivity contribution in [3.05, 3.63) is 29.0 Å². The van der Waals surface area contributed by atoms with Crippen LogP contribution in [0.2, 0.25) is 0 Å². The number of aliphatic carboxylic acids is 1. The number of nitrogens with zero attached hydrogens (tertiary/aromatic N) is 3. The molecule has 2 rings (SSSR count). The summed E-state index contributed by atoms with van der Waals surface area (Å²) < 4.78 is 0. The van der Waals surface area contributed by atoms with Crippen molar-refractivity contribution >= 4 is 34.2 Å². The zero-order valence-corrected chi connectivity index (χ0v) is 12.0. The van der Waals surface area contributed by atoms with Gasteiger partial charge in [-0.3, -0.25) is 15.1 Å². The maximum absolute atomic E-state index is 11.7. The fourth-order valence-electron chi connectivity index (χ4n) is 1.46. The molecule has 0 fully saturated rings. The summed E-state index contributed by atoms with van der Waals surface area (Å²) in [4.78, 5) is 26.2. The van der Waals surface area contributed by atoms with Crippen molar-refractivity contribution < 1.29 is 14.7 Å². The fourth-order valence-corrected chi connectivity index (χ4v) is 2.14. The van der Waals surface area contributed by atoms with Crippen molar-refractivity contribution in [3.8, 4) is 0 Å². The summed E-state index contributed by atoms with van der Waals surface area (Å²) in [5.41, 5.74) is 0.882. The van der Waals surface area contributed by atoms with Gasteiger partial charge in [0.05, 0.1) is 24.0 Å². The van der Waals surface area contributed by atoms with Crippen LogP contribution in [0.4, 0.5) is 15.6 Å². The molecule has 0 saturated carbocycles. The summed E-state index contributed by atoms with van der Waals surface area (Å²) in [6, 6.07) is 2.67. The highest BCUT2D eigenvalue weighted by molar-refractivity contribution is 7.15. The summed E-state index contributed by atoms with van der Waals surface area (Å²) in [7, 11) is 0. The van der Waals surface area contributed by atoms with E-state index >= 15 is 0 Å². The molecular formula is C12H13N5O3S. The largest absolute Gasteiger partial charge is 0.481 e. The molecule has 9 heteroatoms. The molecule has 0 aromatic carbocycles. The highest BCUT2D eigenvalue weighted by atomic mass is 32.1. The van der Waals surface area contributed by atoms with Crippen molar-refractivity contribution in [1.29, 1.82) is 0 Å². The monoisotopic (exact) mass is 307 g/mol. The molecule has 0 aliphatic heterocycles. The molecule has 2 aromatic heterocycles. The normalized spacial score (nSPS) is 10.1. The lowest BCUT2D eigenvalue weighted by molar-refractivity contribution is -0.136. The minimum absolute atomic E-state index is 0.156. The highest BCUT2D eigenvalue weighted by Gasteiger charge is 2.08. The summed E-state index contributed by atoms with van der Waals surface area (Å²) >= 11 is 1.31. The third-order valence-electron chi connectivity index (χ3n) is 2.40. The summed E-state index contributed by atoms with van der Waals surface area (Å²) in [5, 5.41) is 22.8. The molecule has 0 aliphatic carbocycles. The maximum Gasteiger partial charge on any atom is 0.325 e. The van der Waals surface area contributed by atoms with Crippen molar-refractivity contribution in [3.63, 3.8) is 0 Å². The Bertz CT molecular complexity index is 641. The average Bonchev–Trinajstić information content (AvgIpc) is 2.88. The van der Waals surface area contributed by atoms with E-state index < -0.39 is 12.0 Å². The van der Waals surface area contributed by atoms with Crippen LogP contribution in [0.1, 0.15) is 17.6 Å². The predicted octanol–water partition coefficient (Wildman–Crippen LogP) is 1.77. The standard InChI is InChI=1S/C12H13N5O3S/c1-2-9-16-17-12(21-9)15-11(20)14-8-4-3-7(13-6-8)5-10(18)19/h3-4,6H,2,5H2,1H3,(H,18,19)(H2,14,15,17,20). The summed E-state index contributed by atoms with van der Waals surface area (Å²) in [5.74, 6) is -0.955. The lowest BCUT2D eigenvalue weighted by atomic mass is 10.2. The molecule has 0 atom stereocenters. The number of aromatic nitrogens is 3. The van der Waals surface area contributed by atoms with Gasteiger partial charge >= 0.3 is 12.0 Å². The van der Waals surface area contributed by atoms with Gasteiger partial charge in [-0.05, 0) is 18.6 Å². The quantitative estimate of drug-likeness (QED) is 0.775. The molecule has 0 radical (unpaired) electrons. The van der Waals surface area contributed by atoms with Crippen molar-refractivity contribution in [1.82, 2.24) is 15.2 Å². The van der Waals surface area contributed by atoms with Gasteiger partial charge in [0.15, 0.2) is 0 Å². The first-order valence-electron chi connectivity index (χ1n) is 6.14. The van der Waals surface area contributed by atoms with E-state index in [9.17, 15) is 9.59 Å². The van der Waals surface area contributed by atoms with Gasteiger partial charge in [-0.15, -0.1) is 10.2 Å². The Morgan fingerprint density at radius 1 is 1.29 bits per heavy atom. The average molecular weight is 307 g/mol. The third kappa shape index (κ3) is 4.49. The van der Waals surface area contributed by atoms with Gasteiger partial charge in [-0.25, -0.2) is 4.79 Å². The predicted molar refractivity (Wildman–Crippen MR) is 77.5 cm³/mol. The number of carbonyl (C=O) groups is 2. The van der Waals surface area contributed by atoms with Crippen LogP contribution in [0.5, 0.6) is 0 Å². The minimum atomic E-state index is -0.955. The molecule has 0 spiro atoms. The van der Waals surface area contributed by atoms with Gasteiger partial charge in [0.2, 0.25) is 5.13 Å². The molecule has 0 unspecified atom stereocenters. The van der Waals surface area contributed by atoms with Crippen LogP contribution >= 0.6 is 11.3 Å². The number of urea groups is 1. The van der Waals surface area contributed by atoms with E-state index in [1.807, 2.05) is 6.92 Å². The van der Waals surface area contributed by atoms with Gasteiger partial charge in [0.25, 0.3) is 0 Å². The van der Waals surface area contributed by atoms with E-state index in [1.54, 1.807) is 12.1 Å². The topological polar surface area (TPSA) is 117 Å². The Morgan fingerprint density at radius 2 is 2.10 bits per heavy atom. The second-order valence-corrected chi connectivity index (χ2v) is 5.10. The van der Waals surface area contributed by atoms with Crippen molar-refractivity contribution in [2.24, 2.45) is 0 Å². The maximum atomic E-state index is 11.7. The molecule has 2 amide bonds. The van der Waals surface area contributed by atoms with Crippen LogP contribution in [0.3, 0.4) is 0 Å². The Balaban J connectivity index is 1.91. The molecule has 110 valence electrons. The molecule has 2 aromatic rings. The van der Waals surface area contributed by atoms with Gasteiger partial charge in [0, 0.05) is 0 Å². The number of anilines is 2. The van der Waals surface area contributed by atoms with E-state index in [4.69, 9.17) is 5.11 Å². The lowest BCUT2D eigenvalue weighted by Gasteiger charge is -2.05. The molecule has 2 heterocycles. The Kier molecular flexibility index (Phi) is 4.77. The fraction of sp³-hybridized carbons (Fsp3) is 0.250. The van der Waals surface area contributed by atoms with E-state index in [0.29, 0.717) is 16.5 Å². The van der Waals surface area contributed by atoms with Crippen LogP contribution in [-0.2, 0) is 17.6 Å². The third-order valence-corrected chi connectivity index (χ3v) is 3.39. The lowest BCUT2D eigenvalue weighted by Crippen LogP contribution is -2.19.